The molecule has 0 atom stereocenters. The van der Waals surface area contributed by atoms with E-state index in [0.29, 0.717) is 17.7 Å². The Balaban J connectivity index is 2.91. The second-order valence-electron chi connectivity index (χ2n) is 3.73. The van der Waals surface area contributed by atoms with E-state index in [4.69, 9.17) is 5.73 Å². The van der Waals surface area contributed by atoms with Gasteiger partial charge in [-0.3, -0.25) is 4.79 Å². The minimum Gasteiger partial charge on any atom is -0.330 e. The van der Waals surface area contributed by atoms with Gasteiger partial charge in [0.05, 0.1) is 5.75 Å². The summed E-state index contributed by atoms with van der Waals surface area (Å²) in [6.45, 7) is 0.301. The number of sulfone groups is 1. The molecule has 0 saturated heterocycles. The molecule has 0 bridgehead atoms. The van der Waals surface area contributed by atoms with Crippen LogP contribution in [0, 0.1) is 0 Å². The second-order valence-corrected chi connectivity index (χ2v) is 5.87. The maximum Gasteiger partial charge on any atom is 0.164 e. The molecule has 1 rings (SSSR count). The van der Waals surface area contributed by atoms with E-state index in [2.05, 4.69) is 0 Å². The van der Waals surface area contributed by atoms with Gasteiger partial charge in [-0.05, 0) is 18.2 Å². The summed E-state index contributed by atoms with van der Waals surface area (Å²) in [6.07, 6.45) is 1.45. The van der Waals surface area contributed by atoms with Crippen LogP contribution in [0.25, 0.3) is 0 Å². The zero-order valence-corrected chi connectivity index (χ0v) is 9.96. The van der Waals surface area contributed by atoms with Crippen LogP contribution in [0.15, 0.2) is 24.3 Å². The van der Waals surface area contributed by atoms with Crippen molar-refractivity contribution < 1.29 is 13.2 Å². The van der Waals surface area contributed by atoms with Gasteiger partial charge in [0, 0.05) is 18.2 Å². The van der Waals surface area contributed by atoms with E-state index in [0.717, 1.165) is 0 Å². The summed E-state index contributed by atoms with van der Waals surface area (Å²) in [7, 11) is -3.07. The monoisotopic (exact) mass is 241 g/mol. The molecule has 2 N–H and O–H groups in total. The van der Waals surface area contributed by atoms with E-state index in [1.807, 2.05) is 0 Å². The fourth-order valence-corrected chi connectivity index (χ4v) is 2.20. The number of hydrogen-bond donors (Lipinski definition) is 1. The second kappa shape index (κ2) is 5.23. The standard InChI is InChI=1S/C11H15NO3S/c1-16(14,15)8-9-3-2-4-10(7-9)11(13)5-6-12/h2-4,7H,5-6,8,12H2,1H3. The molecule has 0 amide bonds. The van der Waals surface area contributed by atoms with Gasteiger partial charge in [-0.1, -0.05) is 18.2 Å². The van der Waals surface area contributed by atoms with Crippen LogP contribution in [0.3, 0.4) is 0 Å². The highest BCUT2D eigenvalue weighted by Crippen LogP contribution is 2.10. The van der Waals surface area contributed by atoms with Gasteiger partial charge in [-0.25, -0.2) is 8.42 Å². The third kappa shape index (κ3) is 4.12. The summed E-state index contributed by atoms with van der Waals surface area (Å²) in [6, 6.07) is 6.66. The minimum absolute atomic E-state index is 0.0449. The number of benzene rings is 1. The molecule has 0 aliphatic rings. The highest BCUT2D eigenvalue weighted by molar-refractivity contribution is 7.89. The maximum absolute atomic E-state index is 11.5. The zero-order valence-electron chi connectivity index (χ0n) is 9.14. The lowest BCUT2D eigenvalue weighted by molar-refractivity contribution is 0.0985. The van der Waals surface area contributed by atoms with Gasteiger partial charge >= 0.3 is 0 Å². The molecule has 0 aliphatic heterocycles. The van der Waals surface area contributed by atoms with Crippen LogP contribution < -0.4 is 5.73 Å². The van der Waals surface area contributed by atoms with Crippen LogP contribution in [-0.2, 0) is 15.6 Å². The Hall–Kier alpha value is -1.20. The third-order valence-electron chi connectivity index (χ3n) is 2.05. The first-order valence-electron chi connectivity index (χ1n) is 4.92. The van der Waals surface area contributed by atoms with Crippen LogP contribution in [0.2, 0.25) is 0 Å². The number of carbonyl (C=O) groups excluding carboxylic acids is 1. The van der Waals surface area contributed by atoms with Crippen molar-refractivity contribution in [2.75, 3.05) is 12.8 Å². The summed E-state index contributed by atoms with van der Waals surface area (Å²) in [5, 5.41) is 0. The molecule has 0 saturated carbocycles. The Morgan fingerprint density at radius 1 is 1.38 bits per heavy atom. The lowest BCUT2D eigenvalue weighted by atomic mass is 10.1. The molecule has 88 valence electrons. The number of carbonyl (C=O) groups is 1. The average Bonchev–Trinajstić information content (AvgIpc) is 2.16. The van der Waals surface area contributed by atoms with Crippen molar-refractivity contribution in [1.82, 2.24) is 0 Å². The fraction of sp³-hybridized carbons (Fsp3) is 0.364. The Morgan fingerprint density at radius 2 is 2.06 bits per heavy atom. The molecule has 0 radical (unpaired) electrons. The summed E-state index contributed by atoms with van der Waals surface area (Å²) in [4.78, 5) is 11.5. The summed E-state index contributed by atoms with van der Waals surface area (Å²) in [5.74, 6) is -0.102. The van der Waals surface area contributed by atoms with E-state index < -0.39 is 9.84 Å². The summed E-state index contributed by atoms with van der Waals surface area (Å²) < 4.78 is 22.2. The molecular weight excluding hydrogens is 226 g/mol. The van der Waals surface area contributed by atoms with Crippen LogP contribution in [0.5, 0.6) is 0 Å². The number of rotatable bonds is 5. The number of ketones is 1. The Bertz CT molecular complexity index is 480. The van der Waals surface area contributed by atoms with Crippen LogP contribution in [-0.4, -0.2) is 27.0 Å². The normalized spacial score (nSPS) is 11.4. The molecule has 5 heteroatoms. The first-order valence-corrected chi connectivity index (χ1v) is 6.98. The van der Waals surface area contributed by atoms with Gasteiger partial charge in [0.15, 0.2) is 15.6 Å². The first kappa shape index (κ1) is 12.9. The number of nitrogens with two attached hydrogens (primary N) is 1. The van der Waals surface area contributed by atoms with Crippen LogP contribution >= 0.6 is 0 Å². The molecule has 1 aromatic rings. The quantitative estimate of drug-likeness (QED) is 0.772. The average molecular weight is 241 g/mol. The Morgan fingerprint density at radius 3 is 2.62 bits per heavy atom. The molecule has 0 aromatic heterocycles. The minimum atomic E-state index is -3.07. The van der Waals surface area contributed by atoms with Crippen molar-refractivity contribution >= 4 is 15.6 Å². The summed E-state index contributed by atoms with van der Waals surface area (Å²) in [5.41, 5.74) is 6.44. The lowest BCUT2D eigenvalue weighted by Crippen LogP contribution is -2.09. The molecule has 0 fully saturated rings. The van der Waals surface area contributed by atoms with E-state index >= 15 is 0 Å². The van der Waals surface area contributed by atoms with Gasteiger partial charge in [-0.15, -0.1) is 0 Å². The zero-order chi connectivity index (χ0) is 12.2. The first-order chi connectivity index (χ1) is 7.42. The van der Waals surface area contributed by atoms with Crippen molar-refractivity contribution in [1.29, 1.82) is 0 Å². The molecular formula is C11H15NO3S. The topological polar surface area (TPSA) is 77.2 Å². The summed E-state index contributed by atoms with van der Waals surface area (Å²) >= 11 is 0. The maximum atomic E-state index is 11.5. The predicted molar refractivity (Wildman–Crippen MR) is 63.0 cm³/mol. The SMILES string of the molecule is CS(=O)(=O)Cc1cccc(C(=O)CCN)c1. The van der Waals surface area contributed by atoms with Crippen LogP contribution in [0.1, 0.15) is 22.3 Å². The van der Waals surface area contributed by atoms with Gasteiger partial charge < -0.3 is 5.73 Å². The molecule has 0 unspecified atom stereocenters. The number of hydrogen-bond acceptors (Lipinski definition) is 4. The molecule has 0 spiro atoms. The van der Waals surface area contributed by atoms with Crippen molar-refractivity contribution in [2.45, 2.75) is 12.2 Å². The van der Waals surface area contributed by atoms with Gasteiger partial charge in [-0.2, -0.15) is 0 Å². The van der Waals surface area contributed by atoms with Gasteiger partial charge in [0.25, 0.3) is 0 Å². The highest BCUT2D eigenvalue weighted by atomic mass is 32.2. The van der Waals surface area contributed by atoms with Crippen molar-refractivity contribution in [2.24, 2.45) is 5.73 Å². The van der Waals surface area contributed by atoms with E-state index in [-0.39, 0.29) is 18.0 Å². The van der Waals surface area contributed by atoms with Crippen molar-refractivity contribution in [3.05, 3.63) is 35.4 Å². The van der Waals surface area contributed by atoms with Crippen molar-refractivity contribution in [3.63, 3.8) is 0 Å². The van der Waals surface area contributed by atoms with Gasteiger partial charge in [0.2, 0.25) is 0 Å². The highest BCUT2D eigenvalue weighted by Gasteiger charge is 2.08. The Kier molecular flexibility index (Phi) is 4.20. The lowest BCUT2D eigenvalue weighted by Gasteiger charge is -2.03. The molecule has 0 aliphatic carbocycles. The van der Waals surface area contributed by atoms with Crippen molar-refractivity contribution in [3.8, 4) is 0 Å². The van der Waals surface area contributed by atoms with E-state index in [9.17, 15) is 13.2 Å². The molecule has 0 heterocycles. The van der Waals surface area contributed by atoms with E-state index in [1.165, 1.54) is 6.26 Å². The molecule has 4 nitrogen and oxygen atoms in total. The molecule has 16 heavy (non-hydrogen) atoms. The number of Topliss-reactive ketones (excluding diaryl/α,β-unsaturated/α-hetero) is 1. The smallest absolute Gasteiger partial charge is 0.164 e. The Labute approximate surface area is 95.4 Å². The fourth-order valence-electron chi connectivity index (χ4n) is 1.41. The largest absolute Gasteiger partial charge is 0.330 e. The van der Waals surface area contributed by atoms with Gasteiger partial charge in [0.1, 0.15) is 0 Å². The molecule has 1 aromatic carbocycles. The predicted octanol–water partition coefficient (Wildman–Crippen LogP) is 0.763. The third-order valence-corrected chi connectivity index (χ3v) is 2.91. The van der Waals surface area contributed by atoms with E-state index in [1.54, 1.807) is 24.3 Å². The van der Waals surface area contributed by atoms with Crippen LogP contribution in [0.4, 0.5) is 0 Å².